The summed E-state index contributed by atoms with van der Waals surface area (Å²) < 4.78 is 1.90. The number of carbonyl (C=O) groups is 2. The van der Waals surface area contributed by atoms with E-state index in [0.29, 0.717) is 18.5 Å². The summed E-state index contributed by atoms with van der Waals surface area (Å²) in [5.41, 5.74) is 0.230. The number of aliphatic carboxylic acids is 1. The van der Waals surface area contributed by atoms with Crippen molar-refractivity contribution in [3.63, 3.8) is 0 Å². The van der Waals surface area contributed by atoms with E-state index in [2.05, 4.69) is 0 Å². The molecule has 1 aromatic heterocycles. The molecule has 0 bridgehead atoms. The van der Waals surface area contributed by atoms with Crippen LogP contribution in [0.25, 0.3) is 5.69 Å². The number of hydrogen-bond donors (Lipinski definition) is 1. The van der Waals surface area contributed by atoms with Gasteiger partial charge in [0.2, 0.25) is 0 Å². The summed E-state index contributed by atoms with van der Waals surface area (Å²) in [5.74, 6) is -1.40. The van der Waals surface area contributed by atoms with Gasteiger partial charge >= 0.3 is 51.4 Å². The molecule has 2 aromatic rings. The molecule has 2 heterocycles. The Labute approximate surface area is 188 Å². The molecule has 1 aromatic carbocycles. The van der Waals surface area contributed by atoms with Crippen LogP contribution in [0.5, 0.6) is 0 Å². The van der Waals surface area contributed by atoms with Gasteiger partial charge in [0.05, 0.1) is 0 Å². The molecule has 1 aliphatic heterocycles. The van der Waals surface area contributed by atoms with Crippen molar-refractivity contribution in [1.29, 1.82) is 0 Å². The Balaban J connectivity index is 0.00000225. The molecule has 1 saturated heterocycles. The van der Waals surface area contributed by atoms with Crippen LogP contribution in [-0.4, -0.2) is 46.1 Å². The van der Waals surface area contributed by atoms with Gasteiger partial charge in [0.1, 0.15) is 0 Å². The van der Waals surface area contributed by atoms with Crippen molar-refractivity contribution in [2.24, 2.45) is 5.41 Å². The number of likely N-dealkylation sites (tertiary alicyclic amines) is 1. The number of aliphatic hydroxyl groups excluding tert-OH is 1. The third-order valence-electron chi connectivity index (χ3n) is 4.66. The zero-order valence-corrected chi connectivity index (χ0v) is 17.3. The minimum absolute atomic E-state index is 0. The second-order valence-electron chi connectivity index (χ2n) is 6.16. The molecular formula is C18H19KN2O4. The Hall–Kier alpha value is -0.964. The number of aromatic nitrogens is 1. The van der Waals surface area contributed by atoms with E-state index in [9.17, 15) is 14.7 Å². The zero-order chi connectivity index (χ0) is 17.2. The van der Waals surface area contributed by atoms with Crippen LogP contribution in [0.4, 0.5) is 0 Å². The van der Waals surface area contributed by atoms with Gasteiger partial charge in [-0.2, -0.15) is 0 Å². The van der Waals surface area contributed by atoms with Gasteiger partial charge < -0.3 is 24.5 Å². The van der Waals surface area contributed by atoms with E-state index < -0.39 is 11.4 Å². The third kappa shape index (κ3) is 4.24. The van der Waals surface area contributed by atoms with Gasteiger partial charge in [0.25, 0.3) is 5.91 Å². The van der Waals surface area contributed by atoms with Crippen LogP contribution in [0.15, 0.2) is 48.8 Å². The minimum Gasteiger partial charge on any atom is -0.549 e. The largest absolute Gasteiger partial charge is 1.00 e. The third-order valence-corrected chi connectivity index (χ3v) is 4.66. The first-order valence-corrected chi connectivity index (χ1v) is 7.91. The summed E-state index contributed by atoms with van der Waals surface area (Å²) in [5, 5.41) is 20.6. The van der Waals surface area contributed by atoms with E-state index in [4.69, 9.17) is 5.11 Å². The van der Waals surface area contributed by atoms with Crippen LogP contribution in [0.3, 0.4) is 0 Å². The topological polar surface area (TPSA) is 85.6 Å². The molecule has 0 aliphatic carbocycles. The first kappa shape index (κ1) is 20.3. The monoisotopic (exact) mass is 366 g/mol. The number of amides is 1. The number of carboxylic acid groups (broad SMARTS) is 1. The van der Waals surface area contributed by atoms with E-state index in [0.717, 1.165) is 5.69 Å². The van der Waals surface area contributed by atoms with E-state index in [-0.39, 0.29) is 76.9 Å². The van der Waals surface area contributed by atoms with E-state index in [1.807, 2.05) is 35.2 Å². The van der Waals surface area contributed by atoms with Crippen molar-refractivity contribution in [1.82, 2.24) is 9.47 Å². The fourth-order valence-electron chi connectivity index (χ4n) is 3.22. The maximum atomic E-state index is 12.7. The number of aliphatic hydroxyl groups is 1. The summed E-state index contributed by atoms with van der Waals surface area (Å²) in [6.45, 7) is 0.183. The Morgan fingerprint density at radius 3 is 2.56 bits per heavy atom. The van der Waals surface area contributed by atoms with Crippen LogP contribution in [0.2, 0.25) is 0 Å². The number of nitrogens with zero attached hydrogens (tertiary/aromatic N) is 2. The first-order chi connectivity index (χ1) is 11.6. The van der Waals surface area contributed by atoms with Gasteiger partial charge in [-0.3, -0.25) is 4.79 Å². The van der Waals surface area contributed by atoms with Gasteiger partial charge in [-0.15, -0.1) is 0 Å². The normalized spacial score (nSPS) is 19.5. The molecule has 1 N–H and O–H groups in total. The molecule has 1 atom stereocenters. The van der Waals surface area contributed by atoms with E-state index in [1.165, 1.54) is 4.90 Å². The summed E-state index contributed by atoms with van der Waals surface area (Å²) in [6, 6.07) is 11.0. The number of benzene rings is 1. The average Bonchev–Trinajstić information content (AvgIpc) is 3.25. The first-order valence-electron chi connectivity index (χ1n) is 7.91. The van der Waals surface area contributed by atoms with Gasteiger partial charge in [-0.25, -0.2) is 0 Å². The molecular weight excluding hydrogens is 347 g/mol. The molecule has 1 amide bonds. The smallest absolute Gasteiger partial charge is 0.549 e. The zero-order valence-electron chi connectivity index (χ0n) is 14.2. The molecule has 1 fully saturated rings. The van der Waals surface area contributed by atoms with Crippen LogP contribution in [-0.2, 0) is 4.79 Å². The number of hydrogen-bond acceptors (Lipinski definition) is 4. The molecule has 1 aliphatic rings. The summed E-state index contributed by atoms with van der Waals surface area (Å²) in [6.07, 6.45) is 4.19. The van der Waals surface area contributed by atoms with Gasteiger partial charge in [-0.05, 0) is 43.2 Å². The van der Waals surface area contributed by atoms with E-state index in [1.54, 1.807) is 18.2 Å². The van der Waals surface area contributed by atoms with Crippen molar-refractivity contribution in [2.45, 2.75) is 12.8 Å². The Bertz CT molecular complexity index is 747. The predicted molar refractivity (Wildman–Crippen MR) is 85.4 cm³/mol. The molecule has 0 saturated carbocycles. The van der Waals surface area contributed by atoms with Crippen molar-refractivity contribution in [3.8, 4) is 5.69 Å². The standard InChI is InChI=1S/C18H20N2O4.K/c21-11-7-18(17(23)24)6-10-20(13-18)16(22)14-4-3-5-15(12-14)19-8-1-2-9-19;/h1-5,8-9,12,21H,6-7,10-11,13H2,(H,23,24);/q;+1/p-1. The van der Waals surface area contributed by atoms with Crippen molar-refractivity contribution in [2.75, 3.05) is 19.7 Å². The predicted octanol–water partition coefficient (Wildman–Crippen LogP) is -2.55. The molecule has 126 valence electrons. The summed E-state index contributed by atoms with van der Waals surface area (Å²) in [4.78, 5) is 25.7. The molecule has 1 unspecified atom stereocenters. The van der Waals surface area contributed by atoms with Crippen LogP contribution in [0, 0.1) is 5.41 Å². The van der Waals surface area contributed by atoms with Crippen molar-refractivity contribution < 1.29 is 71.2 Å². The van der Waals surface area contributed by atoms with Crippen LogP contribution in [0.1, 0.15) is 23.2 Å². The Morgan fingerprint density at radius 2 is 1.92 bits per heavy atom. The van der Waals surface area contributed by atoms with Crippen LogP contribution >= 0.6 is 0 Å². The number of carboxylic acids is 1. The number of carbonyl (C=O) groups excluding carboxylic acids is 2. The molecule has 6 nitrogen and oxygen atoms in total. The second kappa shape index (κ2) is 8.61. The fourth-order valence-corrected chi connectivity index (χ4v) is 3.22. The maximum absolute atomic E-state index is 12.7. The Morgan fingerprint density at radius 1 is 1.20 bits per heavy atom. The van der Waals surface area contributed by atoms with Gasteiger partial charge in [-0.1, -0.05) is 6.07 Å². The van der Waals surface area contributed by atoms with Crippen molar-refractivity contribution in [3.05, 3.63) is 54.4 Å². The quantitative estimate of drug-likeness (QED) is 0.590. The summed E-state index contributed by atoms with van der Waals surface area (Å²) in [7, 11) is 0. The minimum atomic E-state index is -1.20. The molecule has 0 radical (unpaired) electrons. The number of rotatable bonds is 5. The van der Waals surface area contributed by atoms with E-state index >= 15 is 0 Å². The SMILES string of the molecule is O=C(c1cccc(-n2cccc2)c1)N1CCC(CCO)(C(=O)[O-])C1.[K+]. The maximum Gasteiger partial charge on any atom is 1.00 e. The average molecular weight is 366 g/mol. The van der Waals surface area contributed by atoms with Gasteiger partial charge in [0, 0.05) is 54.7 Å². The Kier molecular flexibility index (Phi) is 7.01. The summed E-state index contributed by atoms with van der Waals surface area (Å²) >= 11 is 0. The molecule has 3 rings (SSSR count). The van der Waals surface area contributed by atoms with Crippen LogP contribution < -0.4 is 56.5 Å². The molecule has 7 heteroatoms. The fraction of sp³-hybridized carbons (Fsp3) is 0.333. The van der Waals surface area contributed by atoms with Crippen molar-refractivity contribution >= 4 is 11.9 Å². The second-order valence-corrected chi connectivity index (χ2v) is 6.16. The molecule has 25 heavy (non-hydrogen) atoms. The molecule has 0 spiro atoms. The van der Waals surface area contributed by atoms with Gasteiger partial charge in [0.15, 0.2) is 0 Å².